The molecule has 1 aromatic rings. The third kappa shape index (κ3) is 2.74. The molecule has 0 saturated carbocycles. The number of allylic oxidation sites excluding steroid dienone is 2. The van der Waals surface area contributed by atoms with Crippen molar-refractivity contribution in [2.75, 3.05) is 5.32 Å². The summed E-state index contributed by atoms with van der Waals surface area (Å²) in [6.07, 6.45) is 7.69. The molecular weight excluding hydrogens is 232 g/mol. The van der Waals surface area contributed by atoms with Gasteiger partial charge in [0.2, 0.25) is 5.91 Å². The van der Waals surface area contributed by atoms with Gasteiger partial charge in [0, 0.05) is 18.1 Å². The molecule has 18 heavy (non-hydrogen) atoms. The Morgan fingerprint density at radius 3 is 2.39 bits per heavy atom. The first-order valence-corrected chi connectivity index (χ1v) is 5.77. The normalized spacial score (nSPS) is 22.4. The van der Waals surface area contributed by atoms with E-state index >= 15 is 0 Å². The van der Waals surface area contributed by atoms with Crippen molar-refractivity contribution >= 4 is 17.6 Å². The average molecular weight is 246 g/mol. The van der Waals surface area contributed by atoms with E-state index < -0.39 is 17.8 Å². The summed E-state index contributed by atoms with van der Waals surface area (Å²) in [4.78, 5) is 27.0. The van der Waals surface area contributed by atoms with E-state index in [1.807, 2.05) is 12.2 Å². The minimum atomic E-state index is -0.922. The summed E-state index contributed by atoms with van der Waals surface area (Å²) in [6.45, 7) is 0. The van der Waals surface area contributed by atoms with Crippen LogP contribution in [0.1, 0.15) is 12.8 Å². The van der Waals surface area contributed by atoms with E-state index in [0.717, 1.165) is 0 Å². The van der Waals surface area contributed by atoms with E-state index in [2.05, 4.69) is 10.3 Å². The molecule has 0 bridgehead atoms. The van der Waals surface area contributed by atoms with E-state index in [1.165, 1.54) is 0 Å². The Bertz CT molecular complexity index is 470. The molecule has 5 heteroatoms. The number of amides is 1. The zero-order chi connectivity index (χ0) is 13.0. The van der Waals surface area contributed by atoms with Crippen LogP contribution in [0, 0.1) is 11.8 Å². The Hall–Kier alpha value is -2.17. The molecule has 2 rings (SSSR count). The molecule has 0 aliphatic heterocycles. The lowest BCUT2D eigenvalue weighted by Crippen LogP contribution is -2.34. The largest absolute Gasteiger partial charge is 0.481 e. The summed E-state index contributed by atoms with van der Waals surface area (Å²) in [6, 6.07) is 3.35. The number of nitrogens with one attached hydrogen (secondary N) is 1. The number of hydrogen-bond donors (Lipinski definition) is 2. The van der Waals surface area contributed by atoms with Gasteiger partial charge in [-0.05, 0) is 25.0 Å². The van der Waals surface area contributed by atoms with E-state index in [-0.39, 0.29) is 5.91 Å². The first-order chi connectivity index (χ1) is 8.68. The minimum absolute atomic E-state index is 0.252. The lowest BCUT2D eigenvalue weighted by Gasteiger charge is -2.24. The maximum absolute atomic E-state index is 12.1. The fourth-order valence-corrected chi connectivity index (χ4v) is 2.05. The van der Waals surface area contributed by atoms with Gasteiger partial charge < -0.3 is 10.4 Å². The first-order valence-electron chi connectivity index (χ1n) is 5.77. The van der Waals surface area contributed by atoms with Crippen LogP contribution >= 0.6 is 0 Å². The highest BCUT2D eigenvalue weighted by Gasteiger charge is 2.33. The van der Waals surface area contributed by atoms with E-state index in [0.29, 0.717) is 18.5 Å². The molecule has 1 aliphatic carbocycles. The zero-order valence-electron chi connectivity index (χ0n) is 9.74. The number of aromatic nitrogens is 1. The summed E-state index contributed by atoms with van der Waals surface area (Å²) in [5.41, 5.74) is 0.633. The van der Waals surface area contributed by atoms with Crippen LogP contribution in [0.2, 0.25) is 0 Å². The molecule has 0 saturated heterocycles. The van der Waals surface area contributed by atoms with E-state index in [1.54, 1.807) is 24.5 Å². The first kappa shape index (κ1) is 12.3. The lowest BCUT2D eigenvalue weighted by atomic mass is 9.82. The van der Waals surface area contributed by atoms with Gasteiger partial charge in [0.15, 0.2) is 0 Å². The van der Waals surface area contributed by atoms with Crippen molar-refractivity contribution in [3.8, 4) is 0 Å². The summed E-state index contributed by atoms with van der Waals surface area (Å²) < 4.78 is 0. The molecule has 1 amide bonds. The molecular formula is C13H14N2O3. The number of nitrogens with zero attached hydrogens (tertiary/aromatic N) is 1. The van der Waals surface area contributed by atoms with Gasteiger partial charge in [0.1, 0.15) is 0 Å². The minimum Gasteiger partial charge on any atom is -0.481 e. The number of carboxylic acid groups (broad SMARTS) is 1. The van der Waals surface area contributed by atoms with Gasteiger partial charge in [-0.15, -0.1) is 0 Å². The molecule has 1 heterocycles. The molecule has 0 spiro atoms. The molecule has 0 aromatic carbocycles. The van der Waals surface area contributed by atoms with E-state index in [9.17, 15) is 9.59 Å². The van der Waals surface area contributed by atoms with Gasteiger partial charge in [-0.2, -0.15) is 0 Å². The van der Waals surface area contributed by atoms with Crippen LogP contribution < -0.4 is 5.32 Å². The number of pyridine rings is 1. The zero-order valence-corrected chi connectivity index (χ0v) is 9.74. The van der Waals surface area contributed by atoms with Gasteiger partial charge in [-0.3, -0.25) is 14.6 Å². The van der Waals surface area contributed by atoms with Crippen molar-refractivity contribution in [3.63, 3.8) is 0 Å². The topological polar surface area (TPSA) is 79.3 Å². The van der Waals surface area contributed by atoms with Crippen molar-refractivity contribution in [2.24, 2.45) is 11.8 Å². The third-order valence-corrected chi connectivity index (χ3v) is 3.03. The second-order valence-electron chi connectivity index (χ2n) is 4.22. The van der Waals surface area contributed by atoms with Crippen LogP contribution in [0.15, 0.2) is 36.7 Å². The molecule has 94 valence electrons. The van der Waals surface area contributed by atoms with Gasteiger partial charge >= 0.3 is 5.97 Å². The van der Waals surface area contributed by atoms with Crippen molar-refractivity contribution in [1.82, 2.24) is 4.98 Å². The van der Waals surface area contributed by atoms with Gasteiger partial charge in [0.05, 0.1) is 11.8 Å². The number of hydrogen-bond acceptors (Lipinski definition) is 3. The third-order valence-electron chi connectivity index (χ3n) is 3.03. The van der Waals surface area contributed by atoms with Crippen LogP contribution in [0.3, 0.4) is 0 Å². The molecule has 2 N–H and O–H groups in total. The Labute approximate surface area is 105 Å². The molecule has 1 aliphatic rings. The molecule has 2 atom stereocenters. The SMILES string of the molecule is O=C(O)[C@H]1CC=CC[C@H]1C(=O)Nc1ccncc1. The number of anilines is 1. The van der Waals surface area contributed by atoms with Crippen molar-refractivity contribution in [2.45, 2.75) is 12.8 Å². The van der Waals surface area contributed by atoms with Crippen LogP contribution in [-0.4, -0.2) is 22.0 Å². The lowest BCUT2D eigenvalue weighted by molar-refractivity contribution is -0.146. The highest BCUT2D eigenvalue weighted by atomic mass is 16.4. The number of carbonyl (C=O) groups is 2. The summed E-state index contributed by atoms with van der Waals surface area (Å²) in [7, 11) is 0. The number of carbonyl (C=O) groups excluding carboxylic acids is 1. The average Bonchev–Trinajstić information content (AvgIpc) is 2.40. The van der Waals surface area contributed by atoms with Gasteiger partial charge in [0.25, 0.3) is 0 Å². The molecule has 1 aromatic heterocycles. The predicted octanol–water partition coefficient (Wildman–Crippen LogP) is 1.69. The van der Waals surface area contributed by atoms with Crippen molar-refractivity contribution in [1.29, 1.82) is 0 Å². The van der Waals surface area contributed by atoms with Crippen molar-refractivity contribution < 1.29 is 14.7 Å². The quantitative estimate of drug-likeness (QED) is 0.795. The number of rotatable bonds is 3. The maximum Gasteiger partial charge on any atom is 0.307 e. The highest BCUT2D eigenvalue weighted by molar-refractivity contribution is 5.95. The van der Waals surface area contributed by atoms with Gasteiger partial charge in [-0.1, -0.05) is 12.2 Å². The molecule has 5 nitrogen and oxygen atoms in total. The van der Waals surface area contributed by atoms with Crippen LogP contribution in [0.25, 0.3) is 0 Å². The van der Waals surface area contributed by atoms with E-state index in [4.69, 9.17) is 5.11 Å². The molecule has 0 radical (unpaired) electrons. The standard InChI is InChI=1S/C13H14N2O3/c16-12(15-9-5-7-14-8-6-9)10-3-1-2-4-11(10)13(17)18/h1-2,5-8,10-11H,3-4H2,(H,17,18)(H,14,15,16)/t10-,11+/m1/s1. The Morgan fingerprint density at radius 1 is 1.17 bits per heavy atom. The molecule has 0 fully saturated rings. The smallest absolute Gasteiger partial charge is 0.307 e. The Kier molecular flexibility index (Phi) is 3.72. The summed E-state index contributed by atoms with van der Waals surface area (Å²) in [5.74, 6) is -2.33. The summed E-state index contributed by atoms with van der Waals surface area (Å²) >= 11 is 0. The monoisotopic (exact) mass is 246 g/mol. The molecule has 0 unspecified atom stereocenters. The summed E-state index contributed by atoms with van der Waals surface area (Å²) in [5, 5.41) is 11.8. The van der Waals surface area contributed by atoms with Crippen LogP contribution in [0.4, 0.5) is 5.69 Å². The van der Waals surface area contributed by atoms with Gasteiger partial charge in [-0.25, -0.2) is 0 Å². The second kappa shape index (κ2) is 5.44. The number of aliphatic carboxylic acids is 1. The fraction of sp³-hybridized carbons (Fsp3) is 0.308. The Morgan fingerprint density at radius 2 is 1.78 bits per heavy atom. The highest BCUT2D eigenvalue weighted by Crippen LogP contribution is 2.27. The fourth-order valence-electron chi connectivity index (χ4n) is 2.05. The number of carboxylic acids is 1. The predicted molar refractivity (Wildman–Crippen MR) is 65.9 cm³/mol. The van der Waals surface area contributed by atoms with Crippen LogP contribution in [-0.2, 0) is 9.59 Å². The maximum atomic E-state index is 12.1. The second-order valence-corrected chi connectivity index (χ2v) is 4.22. The van der Waals surface area contributed by atoms with Crippen LogP contribution in [0.5, 0.6) is 0 Å². The van der Waals surface area contributed by atoms with Crippen molar-refractivity contribution in [3.05, 3.63) is 36.7 Å². The Balaban J connectivity index is 2.08.